The molecule has 1 saturated heterocycles. The van der Waals surface area contributed by atoms with Crippen molar-refractivity contribution in [3.05, 3.63) is 10.4 Å². The molecule has 6 nitrogen and oxygen atoms in total. The van der Waals surface area contributed by atoms with Gasteiger partial charge in [0, 0.05) is 11.2 Å². The van der Waals surface area contributed by atoms with Crippen molar-refractivity contribution in [1.29, 1.82) is 0 Å². The number of nitrogens with zero attached hydrogens (tertiary/aromatic N) is 3. The van der Waals surface area contributed by atoms with E-state index in [1.165, 1.54) is 6.92 Å². The van der Waals surface area contributed by atoms with Gasteiger partial charge in [-0.15, -0.1) is 0 Å². The number of hydrogen-bond donors (Lipinski definition) is 0. The summed E-state index contributed by atoms with van der Waals surface area (Å²) in [6, 6.07) is 0. The third-order valence-corrected chi connectivity index (χ3v) is 3.09. The van der Waals surface area contributed by atoms with Crippen LogP contribution in [0.5, 0.6) is 0 Å². The van der Waals surface area contributed by atoms with Crippen LogP contribution in [0.3, 0.4) is 0 Å². The Balaban J connectivity index is 3.08. The maximum atomic E-state index is 10.9. The highest BCUT2D eigenvalue weighted by atomic mass is 32.2. The summed E-state index contributed by atoms with van der Waals surface area (Å²) in [5, 5.41) is 1.47. The molecule has 0 N–H and O–H groups in total. The van der Waals surface area contributed by atoms with Gasteiger partial charge >= 0.3 is 0 Å². The molecule has 0 radical (unpaired) electrons. The van der Waals surface area contributed by atoms with Gasteiger partial charge in [-0.05, 0) is 17.6 Å². The van der Waals surface area contributed by atoms with Gasteiger partial charge in [-0.2, -0.15) is 0 Å². The fourth-order valence-corrected chi connectivity index (χ4v) is 1.96. The lowest BCUT2D eigenvalue weighted by atomic mass is 10.5. The van der Waals surface area contributed by atoms with Crippen molar-refractivity contribution < 1.29 is 13.2 Å². The molecule has 0 saturated carbocycles. The summed E-state index contributed by atoms with van der Waals surface area (Å²) < 4.78 is 26.6. The van der Waals surface area contributed by atoms with Crippen LogP contribution in [-0.2, 0) is 14.6 Å². The topological polar surface area (TPSA) is 95.4 Å². The van der Waals surface area contributed by atoms with Crippen LogP contribution >= 0.6 is 0 Å². The van der Waals surface area contributed by atoms with Gasteiger partial charge in [0.25, 0.3) is 5.06 Å². The van der Waals surface area contributed by atoms with Crippen LogP contribution < -0.4 is 0 Å². The maximum Gasteiger partial charge on any atom is 0.274 e. The summed E-state index contributed by atoms with van der Waals surface area (Å²) in [6.07, 6.45) is 0.443. The predicted molar refractivity (Wildman–Crippen MR) is 37.3 cm³/mol. The summed E-state index contributed by atoms with van der Waals surface area (Å²) in [5.41, 5.74) is 8.04. The maximum absolute atomic E-state index is 10.9. The van der Waals surface area contributed by atoms with E-state index in [0.29, 0.717) is 0 Å². The highest BCUT2D eigenvalue weighted by Gasteiger charge is 2.62. The zero-order valence-electron chi connectivity index (χ0n) is 6.05. The first-order chi connectivity index (χ1) is 4.94. The Morgan fingerprint density at radius 3 is 2.27 bits per heavy atom. The predicted octanol–water partition coefficient (Wildman–Crippen LogP) is 0.414. The molecule has 1 aliphatic heterocycles. The molecule has 0 aliphatic carbocycles. The fourth-order valence-electron chi connectivity index (χ4n) is 0.850. The van der Waals surface area contributed by atoms with Gasteiger partial charge in [0.15, 0.2) is 9.84 Å². The summed E-state index contributed by atoms with van der Waals surface area (Å²) in [5.74, 6) is 0. The molecule has 7 heteroatoms. The lowest BCUT2D eigenvalue weighted by Gasteiger charge is -1.99. The van der Waals surface area contributed by atoms with E-state index in [2.05, 4.69) is 10.0 Å². The first-order valence-corrected chi connectivity index (χ1v) is 4.77. The first-order valence-electron chi connectivity index (χ1n) is 2.88. The molecule has 0 spiro atoms. The molecule has 1 heterocycles. The van der Waals surface area contributed by atoms with Gasteiger partial charge in [-0.3, -0.25) is 0 Å². The van der Waals surface area contributed by atoms with Crippen molar-refractivity contribution in [1.82, 2.24) is 0 Å². The Hall–Kier alpha value is -0.780. The highest BCUT2D eigenvalue weighted by Crippen LogP contribution is 2.42. The highest BCUT2D eigenvalue weighted by molar-refractivity contribution is 7.92. The molecule has 0 amide bonds. The number of azide groups is 1. The molecule has 62 valence electrons. The first kappa shape index (κ1) is 8.32. The quantitative estimate of drug-likeness (QED) is 0.264. The molecule has 11 heavy (non-hydrogen) atoms. The smallest absolute Gasteiger partial charge is 0.274 e. The molecular weight excluding hydrogens is 170 g/mol. The summed E-state index contributed by atoms with van der Waals surface area (Å²) >= 11 is 0. The second-order valence-electron chi connectivity index (χ2n) is 2.35. The molecule has 0 aromatic carbocycles. The van der Waals surface area contributed by atoms with E-state index in [-0.39, 0.29) is 0 Å². The van der Waals surface area contributed by atoms with E-state index in [9.17, 15) is 8.42 Å². The summed E-state index contributed by atoms with van der Waals surface area (Å²) in [7, 11) is -3.45. The largest absolute Gasteiger partial charge is 0.345 e. The average molecular weight is 177 g/mol. The lowest BCUT2D eigenvalue weighted by Crippen LogP contribution is -2.22. The van der Waals surface area contributed by atoms with E-state index >= 15 is 0 Å². The van der Waals surface area contributed by atoms with Crippen LogP contribution in [0.2, 0.25) is 0 Å². The Bertz CT molecular complexity index is 317. The molecule has 1 rings (SSSR count). The van der Waals surface area contributed by atoms with Crippen LogP contribution in [0.1, 0.15) is 6.92 Å². The number of epoxide rings is 1. The molecule has 0 aromatic heterocycles. The van der Waals surface area contributed by atoms with Gasteiger partial charge in [0.05, 0.1) is 0 Å². The van der Waals surface area contributed by atoms with Crippen LogP contribution in [0.15, 0.2) is 5.11 Å². The number of sulfone groups is 1. The van der Waals surface area contributed by atoms with E-state index in [1.807, 2.05) is 0 Å². The molecular formula is C4H7N3O3S. The van der Waals surface area contributed by atoms with Gasteiger partial charge in [-0.1, -0.05) is 0 Å². The van der Waals surface area contributed by atoms with Gasteiger partial charge < -0.3 is 4.74 Å². The van der Waals surface area contributed by atoms with Crippen molar-refractivity contribution >= 4 is 9.84 Å². The minimum Gasteiger partial charge on any atom is -0.345 e. The van der Waals surface area contributed by atoms with E-state index < -0.39 is 21.0 Å². The van der Waals surface area contributed by atoms with Crippen molar-refractivity contribution in [3.8, 4) is 0 Å². The third-order valence-electron chi connectivity index (χ3n) is 1.52. The Kier molecular flexibility index (Phi) is 1.59. The number of ether oxygens (including phenoxy) is 1. The standard InChI is InChI=1S/C4H7N3O3S/c1-3-4(10-3,6-7-5)11(2,8)9/h3H,1-2H3. The Morgan fingerprint density at radius 2 is 2.18 bits per heavy atom. The number of rotatable bonds is 2. The van der Waals surface area contributed by atoms with Crippen molar-refractivity contribution in [3.63, 3.8) is 0 Å². The van der Waals surface area contributed by atoms with Gasteiger partial charge in [0.2, 0.25) is 0 Å². The fraction of sp³-hybridized carbons (Fsp3) is 1.00. The van der Waals surface area contributed by atoms with Crippen molar-refractivity contribution in [2.45, 2.75) is 18.1 Å². The second-order valence-corrected chi connectivity index (χ2v) is 4.48. The van der Waals surface area contributed by atoms with Crippen LogP contribution in [0, 0.1) is 0 Å². The van der Waals surface area contributed by atoms with Crippen LogP contribution in [0.25, 0.3) is 10.4 Å². The van der Waals surface area contributed by atoms with Crippen molar-refractivity contribution in [2.24, 2.45) is 5.11 Å². The van der Waals surface area contributed by atoms with Gasteiger partial charge in [0.1, 0.15) is 6.10 Å². The van der Waals surface area contributed by atoms with E-state index in [1.54, 1.807) is 0 Å². The van der Waals surface area contributed by atoms with E-state index in [4.69, 9.17) is 10.3 Å². The third kappa shape index (κ3) is 1.07. The lowest BCUT2D eigenvalue weighted by molar-refractivity contribution is 0.354. The molecule has 2 unspecified atom stereocenters. The minimum atomic E-state index is -3.45. The number of hydrogen-bond acceptors (Lipinski definition) is 4. The molecule has 1 aliphatic rings. The SMILES string of the molecule is CC1OC1(N=[N+]=[N-])S(C)(=O)=O. The summed E-state index contributed by atoms with van der Waals surface area (Å²) in [4.78, 5) is 2.41. The molecule has 0 bridgehead atoms. The minimum absolute atomic E-state index is 0.534. The van der Waals surface area contributed by atoms with E-state index in [0.717, 1.165) is 6.26 Å². The summed E-state index contributed by atoms with van der Waals surface area (Å²) in [6.45, 7) is 1.54. The molecule has 0 aromatic rings. The normalized spacial score (nSPS) is 36.0. The Labute approximate surface area is 63.7 Å². The monoisotopic (exact) mass is 177 g/mol. The zero-order chi connectivity index (χ0) is 8.70. The Morgan fingerprint density at radius 1 is 1.73 bits per heavy atom. The molecule has 2 atom stereocenters. The van der Waals surface area contributed by atoms with Crippen molar-refractivity contribution in [2.75, 3.05) is 6.26 Å². The van der Waals surface area contributed by atoms with Crippen LogP contribution in [0.4, 0.5) is 0 Å². The molecule has 1 fully saturated rings. The van der Waals surface area contributed by atoms with Crippen LogP contribution in [-0.4, -0.2) is 25.8 Å². The second kappa shape index (κ2) is 2.10. The zero-order valence-corrected chi connectivity index (χ0v) is 6.87. The average Bonchev–Trinajstić information content (AvgIpc) is 2.42. The van der Waals surface area contributed by atoms with Gasteiger partial charge in [-0.25, -0.2) is 8.42 Å².